The fourth-order valence-electron chi connectivity index (χ4n) is 6.01. The van der Waals surface area contributed by atoms with Gasteiger partial charge >= 0.3 is 6.18 Å². The van der Waals surface area contributed by atoms with Gasteiger partial charge in [-0.15, -0.1) is 10.2 Å². The van der Waals surface area contributed by atoms with Crippen molar-refractivity contribution >= 4 is 5.82 Å². The molecule has 4 heterocycles. The molecular weight excluding hydrogens is 405 g/mol. The smallest absolute Gasteiger partial charge is 0.416 e. The molecule has 2 fully saturated rings. The highest BCUT2D eigenvalue weighted by Gasteiger charge is 2.45. The van der Waals surface area contributed by atoms with Gasteiger partial charge in [0.15, 0.2) is 5.82 Å². The van der Waals surface area contributed by atoms with Crippen molar-refractivity contribution in [3.05, 3.63) is 34.9 Å². The first kappa shape index (κ1) is 20.5. The second kappa shape index (κ2) is 7.36. The topological polar surface area (TPSA) is 52.5 Å². The third kappa shape index (κ3) is 3.35. The van der Waals surface area contributed by atoms with E-state index in [4.69, 9.17) is 0 Å². The molecule has 0 unspecified atom stereocenters. The minimum absolute atomic E-state index is 0.315. The van der Waals surface area contributed by atoms with Crippen molar-refractivity contribution in [1.82, 2.24) is 15.1 Å². The Hall–Kier alpha value is -2.35. The molecule has 5 nitrogen and oxygen atoms in total. The Morgan fingerprint density at radius 1 is 1.06 bits per heavy atom. The molecule has 0 saturated carbocycles. The van der Waals surface area contributed by atoms with Gasteiger partial charge in [0, 0.05) is 35.8 Å². The summed E-state index contributed by atoms with van der Waals surface area (Å²) in [7, 11) is 0. The number of halogens is 3. The number of aromatic hydroxyl groups is 1. The van der Waals surface area contributed by atoms with E-state index < -0.39 is 17.5 Å². The monoisotopic (exact) mass is 432 g/mol. The van der Waals surface area contributed by atoms with Crippen LogP contribution in [0.4, 0.5) is 19.0 Å². The van der Waals surface area contributed by atoms with Gasteiger partial charge < -0.3 is 10.0 Å². The first-order valence-corrected chi connectivity index (χ1v) is 11.1. The van der Waals surface area contributed by atoms with Gasteiger partial charge in [-0.25, -0.2) is 0 Å². The van der Waals surface area contributed by atoms with Gasteiger partial charge in [-0.3, -0.25) is 4.90 Å². The van der Waals surface area contributed by atoms with Crippen molar-refractivity contribution in [3.8, 4) is 17.0 Å². The van der Waals surface area contributed by atoms with Crippen LogP contribution >= 0.6 is 0 Å². The van der Waals surface area contributed by atoms with Crippen LogP contribution in [-0.2, 0) is 12.6 Å². The quantitative estimate of drug-likeness (QED) is 0.771. The van der Waals surface area contributed by atoms with E-state index in [-0.39, 0.29) is 0 Å². The summed E-state index contributed by atoms with van der Waals surface area (Å²) < 4.78 is 39.2. The SMILES string of the molecule is CCN1[C@H]2CC[C@@H](N3CCc4cc(-c5c(C)cc(C(F)(F)F)cc5O)nnc43)[C@@H]1CC2. The molecule has 1 N–H and O–H groups in total. The molecule has 0 amide bonds. The number of hydrogen-bond donors (Lipinski definition) is 1. The summed E-state index contributed by atoms with van der Waals surface area (Å²) in [6.07, 6.45) is 1.19. The zero-order chi connectivity index (χ0) is 21.9. The molecule has 3 aliphatic rings. The van der Waals surface area contributed by atoms with Crippen molar-refractivity contribution in [2.24, 2.45) is 0 Å². The Morgan fingerprint density at radius 2 is 1.81 bits per heavy atom. The van der Waals surface area contributed by atoms with Crippen LogP contribution in [0, 0.1) is 6.92 Å². The Morgan fingerprint density at radius 3 is 2.48 bits per heavy atom. The molecule has 3 atom stereocenters. The minimum Gasteiger partial charge on any atom is -0.507 e. The number of hydrogen-bond acceptors (Lipinski definition) is 5. The van der Waals surface area contributed by atoms with Crippen LogP contribution in [0.2, 0.25) is 0 Å². The number of fused-ring (bicyclic) bond motifs is 3. The Kier molecular flexibility index (Phi) is 4.88. The first-order chi connectivity index (χ1) is 14.8. The third-order valence-electron chi connectivity index (χ3n) is 7.34. The van der Waals surface area contributed by atoms with Gasteiger partial charge in [0.1, 0.15) is 5.75 Å². The number of phenols is 1. The van der Waals surface area contributed by atoms with Crippen molar-refractivity contribution < 1.29 is 18.3 Å². The number of rotatable bonds is 3. The van der Waals surface area contributed by atoms with Gasteiger partial charge in [0.05, 0.1) is 11.3 Å². The van der Waals surface area contributed by atoms with Gasteiger partial charge in [-0.05, 0) is 69.3 Å². The van der Waals surface area contributed by atoms with E-state index in [9.17, 15) is 18.3 Å². The number of alkyl halides is 3. The number of phenolic OH excluding ortho intramolecular Hbond substituents is 1. The number of nitrogens with zero attached hydrogens (tertiary/aromatic N) is 4. The largest absolute Gasteiger partial charge is 0.507 e. The van der Waals surface area contributed by atoms with E-state index in [0.717, 1.165) is 49.4 Å². The average Bonchev–Trinajstić information content (AvgIpc) is 3.26. The lowest BCUT2D eigenvalue weighted by atomic mass is 9.96. The standard InChI is InChI=1S/C23H27F3N4O/c1-3-29-16-4-6-18(29)19(7-5-16)30-9-8-14-11-17(27-28-22(14)30)21-13(2)10-15(12-20(21)31)23(24,25)26/h10-12,16,18-19,31H,3-9H2,1-2H3/t16-,18+,19-/m1/s1. The fourth-order valence-corrected chi connectivity index (χ4v) is 6.01. The van der Waals surface area contributed by atoms with Crippen molar-refractivity contribution in [1.29, 1.82) is 0 Å². The summed E-state index contributed by atoms with van der Waals surface area (Å²) in [6.45, 7) is 5.75. The molecule has 0 spiro atoms. The maximum Gasteiger partial charge on any atom is 0.416 e. The zero-order valence-electron chi connectivity index (χ0n) is 17.8. The molecule has 8 heteroatoms. The lowest BCUT2D eigenvalue weighted by molar-refractivity contribution is -0.137. The molecule has 1 aromatic carbocycles. The third-order valence-corrected chi connectivity index (χ3v) is 7.34. The first-order valence-electron chi connectivity index (χ1n) is 11.1. The van der Waals surface area contributed by atoms with Gasteiger partial charge in [-0.1, -0.05) is 6.92 Å². The summed E-state index contributed by atoms with van der Waals surface area (Å²) in [6, 6.07) is 5.40. The van der Waals surface area contributed by atoms with Crippen LogP contribution in [0.25, 0.3) is 11.3 Å². The second-order valence-electron chi connectivity index (χ2n) is 8.98. The van der Waals surface area contributed by atoms with Crippen molar-refractivity contribution in [3.63, 3.8) is 0 Å². The summed E-state index contributed by atoms with van der Waals surface area (Å²) in [5.74, 6) is 0.471. The highest BCUT2D eigenvalue weighted by molar-refractivity contribution is 5.73. The Labute approximate surface area is 179 Å². The molecule has 1 aromatic heterocycles. The van der Waals surface area contributed by atoms with Crippen LogP contribution in [0.3, 0.4) is 0 Å². The molecule has 0 radical (unpaired) electrons. The number of likely N-dealkylation sites (N-methyl/N-ethyl adjacent to an activating group) is 1. The van der Waals surface area contributed by atoms with Crippen LogP contribution in [0.1, 0.15) is 49.3 Å². The molecule has 166 valence electrons. The predicted octanol–water partition coefficient (Wildman–Crippen LogP) is 4.55. The molecule has 2 bridgehead atoms. The maximum absolute atomic E-state index is 13.1. The Balaban J connectivity index is 1.45. The van der Waals surface area contributed by atoms with Gasteiger partial charge in [-0.2, -0.15) is 13.2 Å². The van der Waals surface area contributed by atoms with Crippen LogP contribution in [-0.4, -0.2) is 51.4 Å². The minimum atomic E-state index is -4.50. The summed E-state index contributed by atoms with van der Waals surface area (Å²) >= 11 is 0. The molecule has 0 aliphatic carbocycles. The average molecular weight is 432 g/mol. The molecule has 5 rings (SSSR count). The molecular formula is C23H27F3N4O. The van der Waals surface area contributed by atoms with Gasteiger partial charge in [0.25, 0.3) is 0 Å². The maximum atomic E-state index is 13.1. The molecule has 2 aromatic rings. The van der Waals surface area contributed by atoms with Crippen LogP contribution in [0.5, 0.6) is 5.75 Å². The number of aromatic nitrogens is 2. The highest BCUT2D eigenvalue weighted by atomic mass is 19.4. The van der Waals surface area contributed by atoms with E-state index >= 15 is 0 Å². The highest BCUT2D eigenvalue weighted by Crippen LogP contribution is 2.43. The summed E-state index contributed by atoms with van der Waals surface area (Å²) in [5.41, 5.74) is 1.25. The van der Waals surface area contributed by atoms with Crippen LogP contribution in [0.15, 0.2) is 18.2 Å². The van der Waals surface area contributed by atoms with Crippen LogP contribution < -0.4 is 4.90 Å². The summed E-state index contributed by atoms with van der Waals surface area (Å²) in [5, 5.41) is 19.2. The van der Waals surface area contributed by atoms with E-state index in [1.807, 2.05) is 6.07 Å². The normalized spacial score (nSPS) is 25.8. The molecule has 2 saturated heterocycles. The molecule has 31 heavy (non-hydrogen) atoms. The van der Waals surface area contributed by atoms with Crippen molar-refractivity contribution in [2.45, 2.75) is 70.3 Å². The van der Waals surface area contributed by atoms with Crippen molar-refractivity contribution in [2.75, 3.05) is 18.0 Å². The van der Waals surface area contributed by atoms with Gasteiger partial charge in [0.2, 0.25) is 0 Å². The Bertz CT molecular complexity index is 986. The number of anilines is 1. The summed E-state index contributed by atoms with van der Waals surface area (Å²) in [4.78, 5) is 5.03. The lowest BCUT2D eigenvalue weighted by Crippen LogP contribution is -2.54. The van der Waals surface area contributed by atoms with E-state index in [0.29, 0.717) is 34.9 Å². The zero-order valence-corrected chi connectivity index (χ0v) is 17.8. The van der Waals surface area contributed by atoms with E-state index in [1.54, 1.807) is 6.92 Å². The second-order valence-corrected chi connectivity index (χ2v) is 8.98. The number of aryl methyl sites for hydroxylation is 1. The number of benzene rings is 1. The molecule has 3 aliphatic heterocycles. The number of piperidine rings is 1. The predicted molar refractivity (Wildman–Crippen MR) is 112 cm³/mol. The van der Waals surface area contributed by atoms with E-state index in [2.05, 4.69) is 26.9 Å². The fraction of sp³-hybridized carbons (Fsp3) is 0.565. The lowest BCUT2D eigenvalue weighted by Gasteiger charge is -2.43. The van der Waals surface area contributed by atoms with E-state index in [1.165, 1.54) is 19.3 Å².